The molecule has 0 amide bonds. The molecule has 0 unspecified atom stereocenters. The maximum atomic E-state index is 16.2. The second-order valence-corrected chi connectivity index (χ2v) is 15.2. The van der Waals surface area contributed by atoms with E-state index in [0.29, 0.717) is 25.7 Å². The molecule has 7 atom stereocenters. The maximum absolute atomic E-state index is 16.2. The van der Waals surface area contributed by atoms with Crippen molar-refractivity contribution in [3.8, 4) is 5.75 Å². The summed E-state index contributed by atoms with van der Waals surface area (Å²) in [6, 6.07) is 5.43. The first-order valence-electron chi connectivity index (χ1n) is 16.7. The van der Waals surface area contributed by atoms with Crippen molar-refractivity contribution in [1.82, 2.24) is 4.90 Å². The van der Waals surface area contributed by atoms with E-state index in [2.05, 4.69) is 25.8 Å². The number of rotatable bonds is 14. The predicted molar refractivity (Wildman–Crippen MR) is 162 cm³/mol. The summed E-state index contributed by atoms with van der Waals surface area (Å²) in [5.41, 5.74) is 0.611. The summed E-state index contributed by atoms with van der Waals surface area (Å²) in [6.45, 7) is 8.08. The van der Waals surface area contributed by atoms with E-state index in [1.54, 1.807) is 6.07 Å². The lowest BCUT2D eigenvalue weighted by Crippen LogP contribution is -2.57. The number of alkyl halides is 6. The topological polar surface area (TPSA) is 43.7 Å². The van der Waals surface area contributed by atoms with Crippen molar-refractivity contribution < 1.29 is 36.6 Å². The molecule has 0 spiro atoms. The van der Waals surface area contributed by atoms with Gasteiger partial charge in [0.15, 0.2) is 0 Å². The highest BCUT2D eigenvalue weighted by atomic mass is 19.4. The first-order valence-corrected chi connectivity index (χ1v) is 16.7. The molecule has 2 fully saturated rings. The van der Waals surface area contributed by atoms with Crippen molar-refractivity contribution in [2.75, 3.05) is 20.1 Å². The molecule has 4 rings (SSSR count). The van der Waals surface area contributed by atoms with E-state index in [-0.39, 0.29) is 35.3 Å². The Bertz CT molecular complexity index is 1110. The van der Waals surface area contributed by atoms with Crippen molar-refractivity contribution in [1.29, 1.82) is 0 Å². The van der Waals surface area contributed by atoms with Crippen LogP contribution in [-0.4, -0.2) is 59.1 Å². The molecular weight excluding hydrogens is 580 g/mol. The Hall–Kier alpha value is -1.48. The van der Waals surface area contributed by atoms with Crippen molar-refractivity contribution in [3.63, 3.8) is 0 Å². The van der Waals surface area contributed by atoms with Gasteiger partial charge in [-0.1, -0.05) is 52.0 Å². The number of halogens is 6. The van der Waals surface area contributed by atoms with Crippen LogP contribution in [0.15, 0.2) is 18.2 Å². The van der Waals surface area contributed by atoms with E-state index in [1.165, 1.54) is 0 Å². The van der Waals surface area contributed by atoms with Crippen LogP contribution in [0.5, 0.6) is 5.75 Å². The van der Waals surface area contributed by atoms with Gasteiger partial charge in [0, 0.05) is 17.8 Å². The Morgan fingerprint density at radius 2 is 1.52 bits per heavy atom. The second-order valence-electron chi connectivity index (χ2n) is 15.2. The summed E-state index contributed by atoms with van der Waals surface area (Å²) in [4.78, 5) is 2.25. The smallest absolute Gasteiger partial charge is 0.453 e. The minimum Gasteiger partial charge on any atom is -0.508 e. The molecule has 1 aromatic rings. The van der Waals surface area contributed by atoms with Gasteiger partial charge in [0.25, 0.3) is 0 Å². The fourth-order valence-corrected chi connectivity index (χ4v) is 9.18. The number of hydrogen-bond donors (Lipinski definition) is 2. The number of phenols is 1. The van der Waals surface area contributed by atoms with Gasteiger partial charge in [0.05, 0.1) is 5.60 Å². The Kier molecular flexibility index (Phi) is 10.7. The molecule has 2 saturated carbocycles. The molecule has 252 valence electrons. The molecule has 0 radical (unpaired) electrons. The monoisotopic (exact) mass is 633 g/mol. The highest BCUT2D eigenvalue weighted by Crippen LogP contribution is 2.68. The molecule has 44 heavy (non-hydrogen) atoms. The molecule has 3 nitrogen and oxygen atoms in total. The SMILES string of the molecule is CN(CCCCCCCC(F)(F)C(F)(F)F)CCCCC[C@]1(C)Cc2cc(O)ccc2[C@@H]2[C@@H]1[C@@H]1CC[C@](C)(O)[C@@]1(C)C[C@@H]2F. The third-order valence-electron chi connectivity index (χ3n) is 11.9. The summed E-state index contributed by atoms with van der Waals surface area (Å²) >= 11 is 0. The molecule has 3 aliphatic carbocycles. The van der Waals surface area contributed by atoms with Crippen LogP contribution in [0.1, 0.15) is 121 Å². The number of phenolic OH excluding ortho intramolecular Hbond substituents is 1. The molecule has 0 aliphatic heterocycles. The van der Waals surface area contributed by atoms with Crippen molar-refractivity contribution >= 4 is 0 Å². The fraction of sp³-hybridized carbons (Fsp3) is 0.829. The van der Waals surface area contributed by atoms with Crippen molar-refractivity contribution in [3.05, 3.63) is 29.3 Å². The Morgan fingerprint density at radius 1 is 0.909 bits per heavy atom. The minimum absolute atomic E-state index is 0.124. The highest BCUT2D eigenvalue weighted by molar-refractivity contribution is 5.42. The third kappa shape index (κ3) is 7.24. The van der Waals surface area contributed by atoms with Crippen LogP contribution >= 0.6 is 0 Å². The van der Waals surface area contributed by atoms with Crippen LogP contribution in [0.25, 0.3) is 0 Å². The maximum Gasteiger partial charge on any atom is 0.453 e. The number of hydrogen-bond acceptors (Lipinski definition) is 3. The van der Waals surface area contributed by atoms with E-state index < -0.39 is 35.7 Å². The van der Waals surface area contributed by atoms with E-state index >= 15 is 4.39 Å². The fourth-order valence-electron chi connectivity index (χ4n) is 9.18. The number of aliphatic hydroxyl groups is 1. The summed E-state index contributed by atoms with van der Waals surface area (Å²) in [7, 11) is 2.05. The Balaban J connectivity index is 1.25. The quantitative estimate of drug-likeness (QED) is 0.158. The zero-order chi connectivity index (χ0) is 32.6. The zero-order valence-electron chi connectivity index (χ0n) is 27.0. The number of aromatic hydroxyl groups is 1. The standard InChI is InChI=1S/C35H53F6NO2/c1-31(16-9-8-12-20-42(4)19-11-7-5-6-10-17-34(37,38)35(39,40)41)22-24-21-25(43)13-14-26(24)29-28(36)23-32(2)27(30(29)31)15-18-33(32,3)44/h13-14,21,27-30,43-44H,5-12,15-20,22-23H2,1-4H3/t27-,28-,29-,30-,31+,32-,33-/m0/s1. The van der Waals surface area contributed by atoms with Crippen LogP contribution in [0.2, 0.25) is 0 Å². The van der Waals surface area contributed by atoms with Gasteiger partial charge in [-0.25, -0.2) is 4.39 Å². The number of fused-ring (bicyclic) bond motifs is 5. The lowest BCUT2D eigenvalue weighted by atomic mass is 9.46. The summed E-state index contributed by atoms with van der Waals surface area (Å²) in [5, 5.41) is 21.6. The second kappa shape index (κ2) is 13.3. The normalized spacial score (nSPS) is 33.7. The average Bonchev–Trinajstić information content (AvgIpc) is 3.14. The van der Waals surface area contributed by atoms with E-state index in [4.69, 9.17) is 0 Å². The minimum atomic E-state index is -5.46. The van der Waals surface area contributed by atoms with Crippen LogP contribution in [0.4, 0.5) is 26.3 Å². The average molecular weight is 634 g/mol. The van der Waals surface area contributed by atoms with Crippen LogP contribution < -0.4 is 0 Å². The zero-order valence-corrected chi connectivity index (χ0v) is 27.0. The van der Waals surface area contributed by atoms with E-state index in [0.717, 1.165) is 75.6 Å². The lowest BCUT2D eigenvalue weighted by molar-refractivity contribution is -0.284. The Morgan fingerprint density at radius 3 is 2.18 bits per heavy atom. The third-order valence-corrected chi connectivity index (χ3v) is 11.9. The molecule has 3 aliphatic rings. The molecule has 0 aromatic heterocycles. The van der Waals surface area contributed by atoms with Gasteiger partial charge >= 0.3 is 12.1 Å². The molecule has 2 N–H and O–H groups in total. The molecule has 0 bridgehead atoms. The molecule has 0 saturated heterocycles. The largest absolute Gasteiger partial charge is 0.508 e. The van der Waals surface area contributed by atoms with Gasteiger partial charge in [-0.3, -0.25) is 0 Å². The number of unbranched alkanes of at least 4 members (excludes halogenated alkanes) is 6. The van der Waals surface area contributed by atoms with Crippen LogP contribution in [0.3, 0.4) is 0 Å². The van der Waals surface area contributed by atoms with E-state index in [9.17, 15) is 32.2 Å². The highest BCUT2D eigenvalue weighted by Gasteiger charge is 2.65. The van der Waals surface area contributed by atoms with Crippen molar-refractivity contribution in [2.24, 2.45) is 22.7 Å². The van der Waals surface area contributed by atoms with Crippen LogP contribution in [0, 0.1) is 22.7 Å². The summed E-state index contributed by atoms with van der Waals surface area (Å²) in [5.74, 6) is -4.22. The number of benzene rings is 1. The summed E-state index contributed by atoms with van der Waals surface area (Å²) < 4.78 is 79.0. The number of nitrogens with zero attached hydrogens (tertiary/aromatic N) is 1. The van der Waals surface area contributed by atoms with Gasteiger partial charge in [0.2, 0.25) is 0 Å². The van der Waals surface area contributed by atoms with Crippen molar-refractivity contribution in [2.45, 2.75) is 140 Å². The summed E-state index contributed by atoms with van der Waals surface area (Å²) in [6.07, 6.45) is 1.75. The van der Waals surface area contributed by atoms with Crippen LogP contribution in [-0.2, 0) is 6.42 Å². The lowest BCUT2D eigenvalue weighted by Gasteiger charge is -2.59. The van der Waals surface area contributed by atoms with Gasteiger partial charge in [0.1, 0.15) is 11.9 Å². The van der Waals surface area contributed by atoms with Gasteiger partial charge < -0.3 is 15.1 Å². The van der Waals surface area contributed by atoms with Gasteiger partial charge in [-0.15, -0.1) is 0 Å². The molecule has 1 aromatic carbocycles. The van der Waals surface area contributed by atoms with E-state index in [1.807, 2.05) is 19.1 Å². The first kappa shape index (κ1) is 35.4. The molecular formula is C35H53F6NO2. The predicted octanol–water partition coefficient (Wildman–Crippen LogP) is 9.59. The first-order chi connectivity index (χ1) is 20.4. The molecule has 9 heteroatoms. The molecule has 0 heterocycles. The Labute approximate surface area is 259 Å². The van der Waals surface area contributed by atoms with Gasteiger partial charge in [-0.2, -0.15) is 22.0 Å². The van der Waals surface area contributed by atoms with Gasteiger partial charge in [-0.05, 0) is 119 Å².